The summed E-state index contributed by atoms with van der Waals surface area (Å²) in [4.78, 5) is 12.2. The highest BCUT2D eigenvalue weighted by Crippen LogP contribution is 2.11. The first-order valence-corrected chi connectivity index (χ1v) is 6.46. The van der Waals surface area contributed by atoms with Gasteiger partial charge in [-0.2, -0.15) is 10.2 Å². The number of nitrogens with one attached hydrogen (secondary N) is 1. The third-order valence-electron chi connectivity index (χ3n) is 2.85. The van der Waals surface area contributed by atoms with Gasteiger partial charge in [-0.05, 0) is 36.8 Å². The zero-order chi connectivity index (χ0) is 15.1. The van der Waals surface area contributed by atoms with Crippen LogP contribution in [-0.4, -0.2) is 27.8 Å². The third-order valence-corrected chi connectivity index (χ3v) is 2.85. The first-order valence-electron chi connectivity index (χ1n) is 6.46. The van der Waals surface area contributed by atoms with Crippen LogP contribution in [0.3, 0.4) is 0 Å². The van der Waals surface area contributed by atoms with Crippen molar-refractivity contribution in [1.29, 1.82) is 0 Å². The van der Waals surface area contributed by atoms with Crippen LogP contribution in [0.1, 0.15) is 27.2 Å². The second-order valence-electron chi connectivity index (χ2n) is 4.39. The molecule has 1 aromatic carbocycles. The summed E-state index contributed by atoms with van der Waals surface area (Å²) in [7, 11) is 0. The molecule has 0 aliphatic carbocycles. The minimum Gasteiger partial charge on any atom is -0.384 e. The molecule has 1 heterocycles. The average Bonchev–Trinajstić information content (AvgIpc) is 2.53. The summed E-state index contributed by atoms with van der Waals surface area (Å²) in [5.74, 6) is 5.16. The SMILES string of the molecule is Cc1ccc(C#CCO)cc1C(=O)NCc1cccnn1. The molecule has 1 amide bonds. The van der Waals surface area contributed by atoms with Crippen molar-refractivity contribution < 1.29 is 9.90 Å². The van der Waals surface area contributed by atoms with Gasteiger partial charge in [-0.15, -0.1) is 0 Å². The quantitative estimate of drug-likeness (QED) is 0.825. The molecule has 5 nitrogen and oxygen atoms in total. The monoisotopic (exact) mass is 281 g/mol. The molecule has 0 aliphatic heterocycles. The Balaban J connectivity index is 2.11. The van der Waals surface area contributed by atoms with Crippen LogP contribution in [0, 0.1) is 18.8 Å². The molecule has 106 valence electrons. The number of carbonyl (C=O) groups excluding carboxylic acids is 1. The molecular weight excluding hydrogens is 266 g/mol. The molecule has 0 atom stereocenters. The molecule has 0 fully saturated rings. The average molecular weight is 281 g/mol. The summed E-state index contributed by atoms with van der Waals surface area (Å²) < 4.78 is 0. The molecular formula is C16H15N3O2. The normalized spacial score (nSPS) is 9.62. The van der Waals surface area contributed by atoms with Gasteiger partial charge < -0.3 is 10.4 Å². The van der Waals surface area contributed by atoms with Gasteiger partial charge in [-0.1, -0.05) is 17.9 Å². The Labute approximate surface area is 123 Å². The maximum absolute atomic E-state index is 12.2. The second kappa shape index (κ2) is 7.17. The number of carbonyl (C=O) groups is 1. The van der Waals surface area contributed by atoms with Crippen LogP contribution in [0.5, 0.6) is 0 Å². The van der Waals surface area contributed by atoms with Gasteiger partial charge in [0.1, 0.15) is 6.61 Å². The maximum Gasteiger partial charge on any atom is 0.251 e. The molecule has 2 rings (SSSR count). The number of aryl methyl sites for hydroxylation is 1. The first-order chi connectivity index (χ1) is 10.2. The van der Waals surface area contributed by atoms with Gasteiger partial charge in [-0.25, -0.2) is 0 Å². The van der Waals surface area contributed by atoms with Crippen LogP contribution in [0.25, 0.3) is 0 Å². The maximum atomic E-state index is 12.2. The third kappa shape index (κ3) is 4.13. The van der Waals surface area contributed by atoms with Gasteiger partial charge in [0, 0.05) is 17.3 Å². The van der Waals surface area contributed by atoms with Crippen LogP contribution < -0.4 is 5.32 Å². The lowest BCUT2D eigenvalue weighted by atomic mass is 10.0. The number of nitrogens with zero attached hydrogens (tertiary/aromatic N) is 2. The van der Waals surface area contributed by atoms with Crippen molar-refractivity contribution in [3.05, 3.63) is 58.9 Å². The molecule has 0 saturated heterocycles. The number of hydrogen-bond acceptors (Lipinski definition) is 4. The van der Waals surface area contributed by atoms with Crippen molar-refractivity contribution in [2.24, 2.45) is 0 Å². The van der Waals surface area contributed by atoms with E-state index in [4.69, 9.17) is 5.11 Å². The summed E-state index contributed by atoms with van der Waals surface area (Å²) in [5.41, 5.74) is 2.81. The van der Waals surface area contributed by atoms with Gasteiger partial charge in [0.15, 0.2) is 0 Å². The van der Waals surface area contributed by atoms with E-state index in [2.05, 4.69) is 27.4 Å². The zero-order valence-electron chi connectivity index (χ0n) is 11.6. The van der Waals surface area contributed by atoms with Crippen molar-refractivity contribution in [2.45, 2.75) is 13.5 Å². The number of amides is 1. The summed E-state index contributed by atoms with van der Waals surface area (Å²) >= 11 is 0. The number of aliphatic hydroxyl groups excluding tert-OH is 1. The Kier molecular flexibility index (Phi) is 5.02. The van der Waals surface area contributed by atoms with Crippen molar-refractivity contribution in [2.75, 3.05) is 6.61 Å². The van der Waals surface area contributed by atoms with E-state index in [0.717, 1.165) is 5.56 Å². The lowest BCUT2D eigenvalue weighted by molar-refractivity contribution is 0.0949. The highest BCUT2D eigenvalue weighted by Gasteiger charge is 2.09. The van der Waals surface area contributed by atoms with E-state index >= 15 is 0 Å². The topological polar surface area (TPSA) is 75.1 Å². The van der Waals surface area contributed by atoms with E-state index in [1.165, 1.54) is 0 Å². The Morgan fingerprint density at radius 1 is 1.38 bits per heavy atom. The lowest BCUT2D eigenvalue weighted by Crippen LogP contribution is -2.24. The number of benzene rings is 1. The number of hydrogen-bond donors (Lipinski definition) is 2. The lowest BCUT2D eigenvalue weighted by Gasteiger charge is -2.07. The molecule has 1 aromatic heterocycles. The van der Waals surface area contributed by atoms with E-state index < -0.39 is 0 Å². The predicted molar refractivity (Wildman–Crippen MR) is 78.3 cm³/mol. The van der Waals surface area contributed by atoms with Gasteiger partial charge in [0.25, 0.3) is 5.91 Å². The number of aliphatic hydroxyl groups is 1. The Hall–Kier alpha value is -2.71. The summed E-state index contributed by atoms with van der Waals surface area (Å²) in [6, 6.07) is 8.92. The number of rotatable bonds is 3. The van der Waals surface area contributed by atoms with E-state index in [9.17, 15) is 4.79 Å². The highest BCUT2D eigenvalue weighted by molar-refractivity contribution is 5.95. The minimum absolute atomic E-state index is 0.189. The minimum atomic E-state index is -0.206. The van der Waals surface area contributed by atoms with Crippen molar-refractivity contribution >= 4 is 5.91 Å². The van der Waals surface area contributed by atoms with Crippen molar-refractivity contribution in [3.63, 3.8) is 0 Å². The van der Waals surface area contributed by atoms with Gasteiger partial charge >= 0.3 is 0 Å². The van der Waals surface area contributed by atoms with Gasteiger partial charge in [0.2, 0.25) is 0 Å². The van der Waals surface area contributed by atoms with Gasteiger partial charge in [0.05, 0.1) is 12.2 Å². The van der Waals surface area contributed by atoms with Crippen LogP contribution in [-0.2, 0) is 6.54 Å². The standard InChI is InChI=1S/C16H15N3O2/c1-12-6-7-13(4-3-9-20)10-15(12)16(21)17-11-14-5-2-8-18-19-14/h2,5-8,10,20H,9,11H2,1H3,(H,17,21). The molecule has 2 N–H and O–H groups in total. The molecule has 0 spiro atoms. The fourth-order valence-electron chi connectivity index (χ4n) is 1.78. The zero-order valence-corrected chi connectivity index (χ0v) is 11.6. The number of aromatic nitrogens is 2. The van der Waals surface area contributed by atoms with Crippen LogP contribution in [0.4, 0.5) is 0 Å². The summed E-state index contributed by atoms with van der Waals surface area (Å²) in [6.07, 6.45) is 1.58. The molecule has 0 radical (unpaired) electrons. The molecule has 0 unspecified atom stereocenters. The molecule has 5 heteroatoms. The Morgan fingerprint density at radius 2 is 2.24 bits per heavy atom. The fraction of sp³-hybridized carbons (Fsp3) is 0.188. The van der Waals surface area contributed by atoms with E-state index in [0.29, 0.717) is 23.4 Å². The highest BCUT2D eigenvalue weighted by atomic mass is 16.2. The molecule has 0 bridgehead atoms. The van der Waals surface area contributed by atoms with Gasteiger partial charge in [-0.3, -0.25) is 4.79 Å². The molecule has 0 aliphatic rings. The van der Waals surface area contributed by atoms with Crippen LogP contribution in [0.2, 0.25) is 0 Å². The molecule has 2 aromatic rings. The van der Waals surface area contributed by atoms with E-state index in [-0.39, 0.29) is 12.5 Å². The van der Waals surface area contributed by atoms with E-state index in [1.54, 1.807) is 24.4 Å². The largest absolute Gasteiger partial charge is 0.384 e. The van der Waals surface area contributed by atoms with Crippen LogP contribution >= 0.6 is 0 Å². The first kappa shape index (κ1) is 14.7. The predicted octanol–water partition coefficient (Wildman–Crippen LogP) is 1.06. The molecule has 21 heavy (non-hydrogen) atoms. The summed E-state index contributed by atoms with van der Waals surface area (Å²) in [5, 5.41) is 19.2. The fourth-order valence-corrected chi connectivity index (χ4v) is 1.78. The van der Waals surface area contributed by atoms with Crippen LogP contribution in [0.15, 0.2) is 36.5 Å². The van der Waals surface area contributed by atoms with Crippen molar-refractivity contribution in [3.8, 4) is 11.8 Å². The van der Waals surface area contributed by atoms with E-state index in [1.807, 2.05) is 19.1 Å². The molecule has 0 saturated carbocycles. The smallest absolute Gasteiger partial charge is 0.251 e. The van der Waals surface area contributed by atoms with Crippen molar-refractivity contribution in [1.82, 2.24) is 15.5 Å². The Bertz CT molecular complexity index is 688. The Morgan fingerprint density at radius 3 is 2.95 bits per heavy atom. The second-order valence-corrected chi connectivity index (χ2v) is 4.39. The summed E-state index contributed by atoms with van der Waals surface area (Å²) in [6.45, 7) is 1.97.